The lowest BCUT2D eigenvalue weighted by atomic mass is 9.97. The van der Waals surface area contributed by atoms with Gasteiger partial charge in [-0.1, -0.05) is 41.4 Å². The van der Waals surface area contributed by atoms with E-state index in [9.17, 15) is 4.39 Å². The van der Waals surface area contributed by atoms with E-state index in [4.69, 9.17) is 11.6 Å². The topological polar surface area (TPSA) is 69.7 Å². The van der Waals surface area contributed by atoms with E-state index in [1.165, 1.54) is 17.3 Å². The van der Waals surface area contributed by atoms with Crippen LogP contribution in [-0.2, 0) is 6.54 Å². The molecule has 0 radical (unpaired) electrons. The summed E-state index contributed by atoms with van der Waals surface area (Å²) >= 11 is 6.10. The van der Waals surface area contributed by atoms with Crippen LogP contribution in [0.4, 0.5) is 10.2 Å². The molecule has 1 fully saturated rings. The molecule has 0 spiro atoms. The van der Waals surface area contributed by atoms with Gasteiger partial charge in [0.15, 0.2) is 17.5 Å². The minimum Gasteiger partial charge on any atom is -0.367 e. The quantitative estimate of drug-likeness (QED) is 0.397. The Morgan fingerprint density at radius 2 is 2.15 bits per heavy atom. The minimum atomic E-state index is -0.456. The molecule has 3 aromatic heterocycles. The summed E-state index contributed by atoms with van der Waals surface area (Å²) in [5, 5.41) is 4.56. The van der Waals surface area contributed by atoms with Gasteiger partial charge in [-0.25, -0.2) is 19.3 Å². The maximum absolute atomic E-state index is 14.5. The lowest BCUT2D eigenvalue weighted by Gasteiger charge is -2.33. The number of aryl methyl sites for hydroxylation is 1. The van der Waals surface area contributed by atoms with Crippen molar-refractivity contribution in [3.05, 3.63) is 70.9 Å². The molecular weight excluding hydrogens is 439 g/mol. The summed E-state index contributed by atoms with van der Waals surface area (Å²) in [7, 11) is 0. The molecule has 1 aliphatic heterocycles. The summed E-state index contributed by atoms with van der Waals surface area (Å²) in [6.45, 7) is 5.80. The van der Waals surface area contributed by atoms with Gasteiger partial charge in [0.2, 0.25) is 0 Å². The second-order valence-corrected chi connectivity index (χ2v) is 9.19. The molecule has 33 heavy (non-hydrogen) atoms. The molecule has 0 aliphatic carbocycles. The van der Waals surface area contributed by atoms with Gasteiger partial charge in [0.25, 0.3) is 0 Å². The number of nitrogens with one attached hydrogen (secondary N) is 2. The maximum Gasteiger partial charge on any atom is 0.183 e. The fourth-order valence-corrected chi connectivity index (χ4v) is 4.71. The Hall–Kier alpha value is -3.03. The van der Waals surface area contributed by atoms with Crippen molar-refractivity contribution in [1.29, 1.82) is 0 Å². The highest BCUT2D eigenvalue weighted by atomic mass is 35.5. The first kappa shape index (κ1) is 21.8. The molecule has 0 saturated carbocycles. The number of anilines is 1. The number of H-pyrrole nitrogens is 1. The Morgan fingerprint density at radius 3 is 3.03 bits per heavy atom. The molecule has 2 N–H and O–H groups in total. The zero-order valence-electron chi connectivity index (χ0n) is 18.5. The summed E-state index contributed by atoms with van der Waals surface area (Å²) < 4.78 is 14.5. The van der Waals surface area contributed by atoms with Gasteiger partial charge in [0.1, 0.15) is 5.65 Å². The van der Waals surface area contributed by atoms with Gasteiger partial charge in [-0.2, -0.15) is 0 Å². The van der Waals surface area contributed by atoms with Gasteiger partial charge in [0.05, 0.1) is 11.2 Å². The van der Waals surface area contributed by atoms with Gasteiger partial charge in [-0.15, -0.1) is 0 Å². The van der Waals surface area contributed by atoms with Gasteiger partial charge in [0, 0.05) is 43.0 Å². The smallest absolute Gasteiger partial charge is 0.183 e. The summed E-state index contributed by atoms with van der Waals surface area (Å²) in [5.41, 5.74) is 4.05. The fourth-order valence-electron chi connectivity index (χ4n) is 4.55. The van der Waals surface area contributed by atoms with Crippen molar-refractivity contribution in [3.8, 4) is 11.4 Å². The Morgan fingerprint density at radius 1 is 1.24 bits per heavy atom. The molecule has 0 amide bonds. The van der Waals surface area contributed by atoms with E-state index in [1.54, 1.807) is 18.5 Å². The number of pyridine rings is 1. The number of halogens is 2. The van der Waals surface area contributed by atoms with Crippen molar-refractivity contribution in [2.75, 3.05) is 25.0 Å². The number of nitrogens with zero attached hydrogens (tertiary/aromatic N) is 4. The molecule has 1 aromatic carbocycles. The van der Waals surface area contributed by atoms with Crippen LogP contribution in [0.5, 0.6) is 0 Å². The summed E-state index contributed by atoms with van der Waals surface area (Å²) in [6.07, 6.45) is 6.82. The Balaban J connectivity index is 1.27. The van der Waals surface area contributed by atoms with Crippen LogP contribution in [0.2, 0.25) is 5.02 Å². The van der Waals surface area contributed by atoms with E-state index in [-0.39, 0.29) is 5.82 Å². The van der Waals surface area contributed by atoms with Crippen molar-refractivity contribution < 1.29 is 4.39 Å². The number of hydrogen-bond acceptors (Lipinski definition) is 5. The summed E-state index contributed by atoms with van der Waals surface area (Å²) in [6, 6.07) is 10.5. The second-order valence-electron chi connectivity index (χ2n) is 8.76. The molecule has 1 atom stereocenters. The monoisotopic (exact) mass is 464 g/mol. The van der Waals surface area contributed by atoms with Crippen LogP contribution >= 0.6 is 11.6 Å². The van der Waals surface area contributed by atoms with E-state index in [0.717, 1.165) is 43.4 Å². The third-order valence-electron chi connectivity index (χ3n) is 6.13. The predicted molar refractivity (Wildman–Crippen MR) is 130 cm³/mol. The van der Waals surface area contributed by atoms with Gasteiger partial charge < -0.3 is 10.3 Å². The lowest BCUT2D eigenvalue weighted by molar-refractivity contribution is 0.173. The average Bonchev–Trinajstić information content (AvgIpc) is 3.22. The van der Waals surface area contributed by atoms with Crippen LogP contribution in [0, 0.1) is 18.7 Å². The van der Waals surface area contributed by atoms with Crippen molar-refractivity contribution in [2.45, 2.75) is 26.3 Å². The lowest BCUT2D eigenvalue weighted by Crippen LogP contribution is -2.37. The Bertz CT molecular complexity index is 1270. The normalized spacial score (nSPS) is 16.9. The van der Waals surface area contributed by atoms with Gasteiger partial charge in [-0.3, -0.25) is 4.90 Å². The van der Waals surface area contributed by atoms with Crippen molar-refractivity contribution in [2.24, 2.45) is 5.92 Å². The molecule has 4 aromatic rings. The first-order valence-corrected chi connectivity index (χ1v) is 11.6. The van der Waals surface area contributed by atoms with E-state index in [1.807, 2.05) is 0 Å². The third-order valence-corrected chi connectivity index (χ3v) is 6.34. The fraction of sp³-hybridized carbons (Fsp3) is 0.320. The zero-order valence-corrected chi connectivity index (χ0v) is 19.2. The van der Waals surface area contributed by atoms with E-state index >= 15 is 0 Å². The molecule has 6 nitrogen and oxygen atoms in total. The standard InChI is InChI=1S/C25H26ClFN6/c1-16-4-2-5-17(8-16)14-33-7-3-6-18(15-33)10-28-25-22(27)13-31-24(32-25)21-12-30-23-20(21)9-19(26)11-29-23/h2,4-5,8-9,11-13,18H,3,6-7,10,14-15H2,1H3,(H,29,30)(H,28,31,32). The highest BCUT2D eigenvalue weighted by molar-refractivity contribution is 6.31. The molecule has 1 aliphatic rings. The summed E-state index contributed by atoms with van der Waals surface area (Å²) in [5.74, 6) is 0.624. The molecule has 4 heterocycles. The predicted octanol–water partition coefficient (Wildman–Crippen LogP) is 5.44. The minimum absolute atomic E-state index is 0.222. The van der Waals surface area contributed by atoms with Crippen LogP contribution in [0.3, 0.4) is 0 Å². The van der Waals surface area contributed by atoms with Crippen molar-refractivity contribution in [3.63, 3.8) is 0 Å². The molecule has 8 heteroatoms. The van der Waals surface area contributed by atoms with Gasteiger partial charge in [-0.05, 0) is 43.9 Å². The maximum atomic E-state index is 14.5. The molecule has 170 valence electrons. The van der Waals surface area contributed by atoms with Crippen LogP contribution in [0.15, 0.2) is 48.9 Å². The van der Waals surface area contributed by atoms with E-state index < -0.39 is 5.82 Å². The van der Waals surface area contributed by atoms with Crippen LogP contribution in [0.25, 0.3) is 22.4 Å². The van der Waals surface area contributed by atoms with E-state index in [2.05, 4.69) is 61.3 Å². The third kappa shape index (κ3) is 4.99. The zero-order chi connectivity index (χ0) is 22.8. The first-order chi connectivity index (χ1) is 16.0. The molecular formula is C25H26ClFN6. The van der Waals surface area contributed by atoms with Crippen LogP contribution in [-0.4, -0.2) is 44.5 Å². The van der Waals surface area contributed by atoms with Crippen molar-refractivity contribution >= 4 is 28.5 Å². The number of piperidine rings is 1. The largest absolute Gasteiger partial charge is 0.367 e. The van der Waals surface area contributed by atoms with Gasteiger partial charge >= 0.3 is 0 Å². The summed E-state index contributed by atoms with van der Waals surface area (Å²) in [4.78, 5) is 18.5. The number of fused-ring (bicyclic) bond motifs is 1. The Kier molecular flexibility index (Phi) is 6.24. The number of rotatable bonds is 6. The number of aromatic amines is 1. The number of aromatic nitrogens is 4. The number of hydrogen-bond donors (Lipinski definition) is 2. The Labute approximate surface area is 197 Å². The highest BCUT2D eigenvalue weighted by Crippen LogP contribution is 2.28. The molecule has 1 unspecified atom stereocenters. The molecule has 0 bridgehead atoms. The number of benzene rings is 1. The molecule has 1 saturated heterocycles. The highest BCUT2D eigenvalue weighted by Gasteiger charge is 2.21. The second kappa shape index (κ2) is 9.45. The van der Waals surface area contributed by atoms with Crippen LogP contribution < -0.4 is 5.32 Å². The average molecular weight is 465 g/mol. The van der Waals surface area contributed by atoms with Crippen molar-refractivity contribution in [1.82, 2.24) is 24.8 Å². The van der Waals surface area contributed by atoms with E-state index in [0.29, 0.717) is 29.0 Å². The SMILES string of the molecule is Cc1cccc(CN2CCCC(CNc3nc(-c4c[nH]c5ncc(Cl)cc45)ncc3F)C2)c1. The first-order valence-electron chi connectivity index (χ1n) is 11.2. The molecule has 5 rings (SSSR count). The number of likely N-dealkylation sites (tertiary alicyclic amines) is 1. The van der Waals surface area contributed by atoms with Crippen LogP contribution in [0.1, 0.15) is 24.0 Å².